The summed E-state index contributed by atoms with van der Waals surface area (Å²) in [6.45, 7) is 8.99. The predicted molar refractivity (Wildman–Crippen MR) is 106 cm³/mol. The molecule has 0 aromatic heterocycles. The highest BCUT2D eigenvalue weighted by Crippen LogP contribution is 2.46. The van der Waals surface area contributed by atoms with Crippen LogP contribution in [0.15, 0.2) is 47.7 Å². The van der Waals surface area contributed by atoms with Gasteiger partial charge in [-0.2, -0.15) is 0 Å². The molecule has 1 aliphatic carbocycles. The highest BCUT2D eigenvalue weighted by molar-refractivity contribution is 5.74. The van der Waals surface area contributed by atoms with E-state index in [1.807, 2.05) is 44.2 Å². The molecule has 1 N–H and O–H groups in total. The molecular formula is C23H30O5. The fourth-order valence-electron chi connectivity index (χ4n) is 3.82. The van der Waals surface area contributed by atoms with Gasteiger partial charge in [0.15, 0.2) is 0 Å². The number of carbonyl (C=O) groups excluding carboxylic acids is 2. The molecule has 5 nitrogen and oxygen atoms in total. The van der Waals surface area contributed by atoms with Crippen LogP contribution in [0, 0.1) is 11.3 Å². The second kappa shape index (κ2) is 8.76. The van der Waals surface area contributed by atoms with Gasteiger partial charge in [-0.05, 0) is 37.3 Å². The first-order chi connectivity index (χ1) is 13.0. The van der Waals surface area contributed by atoms with Gasteiger partial charge < -0.3 is 14.6 Å². The van der Waals surface area contributed by atoms with E-state index >= 15 is 0 Å². The van der Waals surface area contributed by atoms with Crippen molar-refractivity contribution < 1.29 is 24.2 Å². The Balaban J connectivity index is 2.11. The van der Waals surface area contributed by atoms with Crippen LogP contribution in [0.25, 0.3) is 0 Å². The Morgan fingerprint density at radius 2 is 1.89 bits per heavy atom. The standard InChI is InChI=1S/C23H30O5/c1-16(21(25)27-15-18-9-7-6-8-10-18)11-12-20-22(3,4)13-19(28-17(2)24)14-23(20,5)26/h6-11,16,19,26H,13-15H2,1-5H3/t12?,16?,19-,23+/m0/s1. The van der Waals surface area contributed by atoms with Crippen LogP contribution >= 0.6 is 0 Å². The summed E-state index contributed by atoms with van der Waals surface area (Å²) in [5, 5.41) is 10.9. The number of carbonyl (C=O) groups is 2. The number of hydrogen-bond acceptors (Lipinski definition) is 5. The summed E-state index contributed by atoms with van der Waals surface area (Å²) in [6.07, 6.45) is 2.19. The maximum absolute atomic E-state index is 12.3. The van der Waals surface area contributed by atoms with E-state index in [1.165, 1.54) is 6.92 Å². The summed E-state index contributed by atoms with van der Waals surface area (Å²) >= 11 is 0. The van der Waals surface area contributed by atoms with Gasteiger partial charge in [-0.1, -0.05) is 44.2 Å². The van der Waals surface area contributed by atoms with E-state index in [2.05, 4.69) is 5.73 Å². The molecule has 0 spiro atoms. The van der Waals surface area contributed by atoms with E-state index < -0.39 is 16.9 Å². The average molecular weight is 386 g/mol. The maximum Gasteiger partial charge on any atom is 0.313 e. The van der Waals surface area contributed by atoms with Crippen molar-refractivity contribution in [3.8, 4) is 0 Å². The van der Waals surface area contributed by atoms with E-state index in [1.54, 1.807) is 19.9 Å². The second-order valence-electron chi connectivity index (χ2n) is 8.37. The molecule has 1 aromatic rings. The third-order valence-electron chi connectivity index (χ3n) is 4.98. The van der Waals surface area contributed by atoms with Gasteiger partial charge in [-0.15, -0.1) is 5.73 Å². The molecule has 0 amide bonds. The van der Waals surface area contributed by atoms with Gasteiger partial charge in [0.05, 0.1) is 11.5 Å². The van der Waals surface area contributed by atoms with Gasteiger partial charge in [-0.25, -0.2) is 0 Å². The molecule has 0 bridgehead atoms. The second-order valence-corrected chi connectivity index (χ2v) is 8.37. The Kier molecular flexibility index (Phi) is 6.87. The molecule has 1 unspecified atom stereocenters. The molecule has 28 heavy (non-hydrogen) atoms. The van der Waals surface area contributed by atoms with Crippen LogP contribution in [0.4, 0.5) is 0 Å². The molecule has 3 atom stereocenters. The van der Waals surface area contributed by atoms with Crippen LogP contribution in [-0.4, -0.2) is 28.8 Å². The van der Waals surface area contributed by atoms with Crippen LogP contribution in [0.1, 0.15) is 53.0 Å². The minimum absolute atomic E-state index is 0.224. The first-order valence-corrected chi connectivity index (χ1v) is 9.59. The lowest BCUT2D eigenvalue weighted by Crippen LogP contribution is -2.46. The zero-order chi connectivity index (χ0) is 20.9. The number of benzene rings is 1. The third kappa shape index (κ3) is 5.82. The molecule has 1 aliphatic rings. The fourth-order valence-corrected chi connectivity index (χ4v) is 3.82. The van der Waals surface area contributed by atoms with E-state index in [9.17, 15) is 14.7 Å². The number of aliphatic hydroxyl groups is 1. The third-order valence-corrected chi connectivity index (χ3v) is 4.98. The molecule has 0 radical (unpaired) electrons. The summed E-state index contributed by atoms with van der Waals surface area (Å²) in [6, 6.07) is 9.50. The lowest BCUT2D eigenvalue weighted by atomic mass is 9.65. The lowest BCUT2D eigenvalue weighted by molar-refractivity contribution is -0.153. The SMILES string of the molecule is CC(=O)O[C@H]1CC(C)(C)C(=C=CC(C)C(=O)OCc2ccccc2)[C@](C)(O)C1. The summed E-state index contributed by atoms with van der Waals surface area (Å²) in [5.74, 6) is -1.19. The molecule has 0 saturated heterocycles. The van der Waals surface area contributed by atoms with Crippen LogP contribution < -0.4 is 0 Å². The van der Waals surface area contributed by atoms with Gasteiger partial charge >= 0.3 is 11.9 Å². The van der Waals surface area contributed by atoms with Crippen molar-refractivity contribution in [2.45, 2.75) is 65.8 Å². The van der Waals surface area contributed by atoms with Gasteiger partial charge in [0.25, 0.3) is 0 Å². The predicted octanol–water partition coefficient (Wildman–Crippen LogP) is 3.95. The maximum atomic E-state index is 12.3. The zero-order valence-electron chi connectivity index (χ0n) is 17.3. The van der Waals surface area contributed by atoms with Gasteiger partial charge in [0.1, 0.15) is 12.7 Å². The van der Waals surface area contributed by atoms with Crippen molar-refractivity contribution in [1.29, 1.82) is 0 Å². The highest BCUT2D eigenvalue weighted by atomic mass is 16.5. The van der Waals surface area contributed by atoms with E-state index in [-0.39, 0.29) is 24.6 Å². The monoisotopic (exact) mass is 386 g/mol. The number of ether oxygens (including phenoxy) is 2. The first-order valence-electron chi connectivity index (χ1n) is 9.59. The minimum atomic E-state index is -1.17. The number of esters is 2. The highest BCUT2D eigenvalue weighted by Gasteiger charge is 2.46. The topological polar surface area (TPSA) is 72.8 Å². The molecule has 5 heteroatoms. The average Bonchev–Trinajstić information content (AvgIpc) is 2.57. The summed E-state index contributed by atoms with van der Waals surface area (Å²) in [4.78, 5) is 23.5. The van der Waals surface area contributed by atoms with Crippen molar-refractivity contribution in [3.63, 3.8) is 0 Å². The molecule has 152 valence electrons. The van der Waals surface area contributed by atoms with Crippen LogP contribution in [0.5, 0.6) is 0 Å². The quantitative estimate of drug-likeness (QED) is 0.613. The minimum Gasteiger partial charge on any atom is -0.462 e. The van der Waals surface area contributed by atoms with Crippen LogP contribution in [0.2, 0.25) is 0 Å². The zero-order valence-corrected chi connectivity index (χ0v) is 17.3. The van der Waals surface area contributed by atoms with Crippen molar-refractivity contribution in [1.82, 2.24) is 0 Å². The summed E-state index contributed by atoms with van der Waals surface area (Å²) in [7, 11) is 0. The van der Waals surface area contributed by atoms with Crippen LogP contribution in [0.3, 0.4) is 0 Å². The fraction of sp³-hybridized carbons (Fsp3) is 0.522. The van der Waals surface area contributed by atoms with Crippen molar-refractivity contribution in [3.05, 3.63) is 53.3 Å². The van der Waals surface area contributed by atoms with Crippen molar-refractivity contribution in [2.24, 2.45) is 11.3 Å². The molecule has 1 aromatic carbocycles. The molecular weight excluding hydrogens is 356 g/mol. The van der Waals surface area contributed by atoms with E-state index in [0.717, 1.165) is 5.56 Å². The van der Waals surface area contributed by atoms with E-state index in [0.29, 0.717) is 18.4 Å². The molecule has 2 rings (SSSR count). The van der Waals surface area contributed by atoms with Gasteiger partial charge in [0.2, 0.25) is 0 Å². The Morgan fingerprint density at radius 1 is 1.25 bits per heavy atom. The normalized spacial score (nSPS) is 24.6. The Morgan fingerprint density at radius 3 is 2.46 bits per heavy atom. The first kappa shape index (κ1) is 21.9. The Bertz CT molecular complexity index is 749. The number of rotatable bonds is 5. The Hall–Kier alpha value is -2.36. The van der Waals surface area contributed by atoms with Crippen LogP contribution in [-0.2, 0) is 25.7 Å². The largest absolute Gasteiger partial charge is 0.462 e. The van der Waals surface area contributed by atoms with E-state index in [4.69, 9.17) is 9.47 Å². The summed E-state index contributed by atoms with van der Waals surface area (Å²) in [5.41, 5.74) is 3.19. The van der Waals surface area contributed by atoms with Crippen molar-refractivity contribution in [2.75, 3.05) is 0 Å². The molecule has 0 aliphatic heterocycles. The Labute approximate surface area is 167 Å². The smallest absolute Gasteiger partial charge is 0.313 e. The lowest BCUT2D eigenvalue weighted by Gasteiger charge is -2.44. The summed E-state index contributed by atoms with van der Waals surface area (Å²) < 4.78 is 10.7. The van der Waals surface area contributed by atoms with Gasteiger partial charge in [0, 0.05) is 18.9 Å². The van der Waals surface area contributed by atoms with Crippen molar-refractivity contribution >= 4 is 11.9 Å². The molecule has 1 fully saturated rings. The number of hydrogen-bond donors (Lipinski definition) is 1. The molecule has 0 heterocycles. The molecule has 1 saturated carbocycles. The van der Waals surface area contributed by atoms with Gasteiger partial charge in [-0.3, -0.25) is 9.59 Å².